The molecule has 4 saturated heterocycles. The van der Waals surface area contributed by atoms with Gasteiger partial charge in [-0.05, 0) is 180 Å². The topological polar surface area (TPSA) is 162 Å². The van der Waals surface area contributed by atoms with Gasteiger partial charge in [0.25, 0.3) is 0 Å². The van der Waals surface area contributed by atoms with Crippen LogP contribution < -0.4 is 51.5 Å². The Hall–Kier alpha value is -3.34. The first-order chi connectivity index (χ1) is 39.2. The summed E-state index contributed by atoms with van der Waals surface area (Å²) >= 11 is 0. The van der Waals surface area contributed by atoms with Crippen LogP contribution >= 0.6 is 0 Å². The summed E-state index contributed by atoms with van der Waals surface area (Å²) in [5.74, 6) is 4.61. The Morgan fingerprint density at radius 2 is 0.605 bits per heavy atom. The second-order valence-electron chi connectivity index (χ2n) is 37.5. The van der Waals surface area contributed by atoms with Crippen molar-refractivity contribution in [2.45, 2.75) is 327 Å². The molecule has 0 radical (unpaired) electrons. The molecule has 7 heterocycles. The van der Waals surface area contributed by atoms with E-state index in [0.29, 0.717) is 11.9 Å². The molecule has 7 rings (SSSR count). The highest BCUT2D eigenvalue weighted by Crippen LogP contribution is 2.46. The zero-order valence-electron chi connectivity index (χ0n) is 60.3. The van der Waals surface area contributed by atoms with Crippen LogP contribution in [0.2, 0.25) is 0 Å². The fourth-order valence-corrected chi connectivity index (χ4v) is 18.7. The van der Waals surface area contributed by atoms with Crippen LogP contribution in [0.4, 0.5) is 35.7 Å². The number of aromatic nitrogens is 6. The van der Waals surface area contributed by atoms with Crippen LogP contribution in [0.5, 0.6) is 0 Å². The van der Waals surface area contributed by atoms with E-state index >= 15 is 0 Å². The Balaban J connectivity index is 1.39. The number of fused-ring (bicyclic) bond motifs is 4. The molecule has 16 nitrogen and oxygen atoms in total. The van der Waals surface area contributed by atoms with Crippen molar-refractivity contribution in [3.63, 3.8) is 0 Å². The molecule has 2 aromatic rings. The van der Waals surface area contributed by atoms with Gasteiger partial charge in [0.1, 0.15) is 0 Å². The van der Waals surface area contributed by atoms with Gasteiger partial charge in [0.15, 0.2) is 0 Å². The minimum Gasteiger partial charge on any atom is -0.349 e. The molecule has 0 unspecified atom stereocenters. The maximum absolute atomic E-state index is 5.82. The SMILES string of the molecule is CC(C)(C)CC(C)(C)Nc1nc2nc(n1)N(C1C(C)(C)CNCC1(C)C)CCCCCCN(C1C(C)(C)CNCC1(C)C)c1nc(NC(C)(C)CC(C)(C)C)nc(n1)N(C1CC(C)(C)NC(C)(C)C1)CCCCCCN2C1CC(C)(C)NC(C)(C)C1. The molecular weight excluding hydrogens is 1060 g/mol. The van der Waals surface area contributed by atoms with E-state index in [9.17, 15) is 0 Å². The Morgan fingerprint density at radius 3 is 0.860 bits per heavy atom. The molecule has 0 amide bonds. The van der Waals surface area contributed by atoms with Gasteiger partial charge >= 0.3 is 0 Å². The van der Waals surface area contributed by atoms with E-state index in [4.69, 9.17) is 29.9 Å². The summed E-state index contributed by atoms with van der Waals surface area (Å²) in [6.45, 7) is 69.1. The molecule has 0 atom stereocenters. The number of anilines is 6. The number of hydrogen-bond acceptors (Lipinski definition) is 16. The predicted molar refractivity (Wildman–Crippen MR) is 367 cm³/mol. The van der Waals surface area contributed by atoms with Crippen molar-refractivity contribution in [3.8, 4) is 0 Å². The summed E-state index contributed by atoms with van der Waals surface area (Å²) in [6.07, 6.45) is 14.3. The molecule has 86 heavy (non-hydrogen) atoms. The van der Waals surface area contributed by atoms with Crippen molar-refractivity contribution in [1.29, 1.82) is 0 Å². The molecule has 2 aromatic heterocycles. The van der Waals surface area contributed by atoms with Crippen molar-refractivity contribution >= 4 is 35.7 Å². The summed E-state index contributed by atoms with van der Waals surface area (Å²) < 4.78 is 0. The van der Waals surface area contributed by atoms with Gasteiger partial charge in [-0.15, -0.1) is 0 Å². The molecule has 6 N–H and O–H groups in total. The van der Waals surface area contributed by atoms with E-state index in [1.54, 1.807) is 0 Å². The Labute approximate surface area is 526 Å². The lowest BCUT2D eigenvalue weighted by molar-refractivity contribution is 0.0858. The van der Waals surface area contributed by atoms with Gasteiger partial charge in [0, 0.05) is 110 Å². The van der Waals surface area contributed by atoms with E-state index in [2.05, 4.69) is 232 Å². The summed E-state index contributed by atoms with van der Waals surface area (Å²) in [5.41, 5.74) is -0.859. The standard InChI is InChI=1S/C70H132N16/c1-59(2,3)43-69(23,24)79-53-73-55-77-57(75-53)85(51-61(7,8)45-71-46-62(51,9)10)37-33-29-30-34-38-86(52-63(11,12)47-72-48-64(52,13)14)58-76-54(80-70(25,26)44-60(4,5)6)74-56(78-58)84(50-41-67(19,20)82-68(21,22)42-50)36-32-28-27-31-35-83(55)49-39-65(15,16)81-66(17,18)40-49/h49-52,71-72,81-82H,27-48H2,1-26H3,(H,73,75,77,79)(H,74,76,78,80). The lowest BCUT2D eigenvalue weighted by Gasteiger charge is -2.54. The first-order valence-electron chi connectivity index (χ1n) is 34.3. The fourth-order valence-electron chi connectivity index (χ4n) is 18.7. The van der Waals surface area contributed by atoms with Crippen molar-refractivity contribution in [3.05, 3.63) is 0 Å². The number of rotatable bonds is 10. The monoisotopic (exact) mass is 1200 g/mol. The van der Waals surface area contributed by atoms with Gasteiger partial charge in [-0.2, -0.15) is 29.9 Å². The minimum atomic E-state index is -0.264. The molecule has 5 aliphatic rings. The zero-order chi connectivity index (χ0) is 64.1. The van der Waals surface area contributed by atoms with Crippen molar-refractivity contribution < 1.29 is 0 Å². The maximum atomic E-state index is 5.82. The highest BCUT2D eigenvalue weighted by Gasteiger charge is 2.51. The van der Waals surface area contributed by atoms with Gasteiger partial charge < -0.3 is 51.5 Å². The zero-order valence-corrected chi connectivity index (χ0v) is 60.3. The van der Waals surface area contributed by atoms with E-state index in [1.165, 1.54) is 0 Å². The second kappa shape index (κ2) is 25.4. The first-order valence-corrected chi connectivity index (χ1v) is 34.3. The van der Waals surface area contributed by atoms with Crippen molar-refractivity contribution in [2.75, 3.05) is 82.6 Å². The lowest BCUT2D eigenvalue weighted by atomic mass is 9.66. The molecule has 0 spiro atoms. The van der Waals surface area contributed by atoms with Crippen LogP contribution in [-0.2, 0) is 0 Å². The van der Waals surface area contributed by atoms with Crippen LogP contribution in [0.1, 0.15) is 270 Å². The molecule has 5 aliphatic heterocycles. The Kier molecular flexibility index (Phi) is 20.7. The molecule has 0 aliphatic carbocycles. The summed E-state index contributed by atoms with van der Waals surface area (Å²) in [7, 11) is 0. The predicted octanol–water partition coefficient (Wildman–Crippen LogP) is 14.0. The molecule has 4 bridgehead atoms. The quantitative estimate of drug-likeness (QED) is 0.133. The van der Waals surface area contributed by atoms with Crippen LogP contribution in [0.3, 0.4) is 0 Å². The molecule has 0 aromatic carbocycles. The fraction of sp³-hybridized carbons (Fsp3) is 0.914. The largest absolute Gasteiger partial charge is 0.349 e. The molecule has 0 saturated carbocycles. The third kappa shape index (κ3) is 18.9. The van der Waals surface area contributed by atoms with Crippen LogP contribution in [0.15, 0.2) is 0 Å². The van der Waals surface area contributed by atoms with E-state index in [-0.39, 0.29) is 89.9 Å². The average Bonchev–Trinajstić information content (AvgIpc) is 0.998. The van der Waals surface area contributed by atoms with Crippen LogP contribution in [0.25, 0.3) is 0 Å². The molecule has 492 valence electrons. The third-order valence-electron chi connectivity index (χ3n) is 19.3. The van der Waals surface area contributed by atoms with Crippen LogP contribution in [0, 0.1) is 32.5 Å². The minimum absolute atomic E-state index is 0.0642. The van der Waals surface area contributed by atoms with Gasteiger partial charge in [0.05, 0.1) is 0 Å². The lowest BCUT2D eigenvalue weighted by Crippen LogP contribution is -2.64. The third-order valence-corrected chi connectivity index (χ3v) is 19.3. The number of nitrogens with zero attached hydrogens (tertiary/aromatic N) is 10. The Bertz CT molecular complexity index is 2310. The highest BCUT2D eigenvalue weighted by atomic mass is 15.4. The molecule has 4 fully saturated rings. The maximum Gasteiger partial charge on any atom is 0.232 e. The summed E-state index contributed by atoms with van der Waals surface area (Å²) in [5, 5.41) is 23.7. The number of hydrogen-bond donors (Lipinski definition) is 6. The van der Waals surface area contributed by atoms with Gasteiger partial charge in [-0.25, -0.2) is 0 Å². The van der Waals surface area contributed by atoms with E-state index < -0.39 is 0 Å². The molecule has 16 heteroatoms. The normalized spacial score (nSPS) is 25.2. The number of nitrogens with one attached hydrogen (secondary N) is 6. The first kappa shape index (κ1) is 70.1. The number of piperidine rings is 4. The van der Waals surface area contributed by atoms with Gasteiger partial charge in [0.2, 0.25) is 35.7 Å². The highest BCUT2D eigenvalue weighted by molar-refractivity contribution is 5.50. The van der Waals surface area contributed by atoms with Gasteiger partial charge in [-0.3, -0.25) is 0 Å². The van der Waals surface area contributed by atoms with Crippen molar-refractivity contribution in [1.82, 2.24) is 51.2 Å². The van der Waals surface area contributed by atoms with Crippen LogP contribution in [-0.4, -0.2) is 140 Å². The summed E-state index contributed by atoms with van der Waals surface area (Å²) in [4.78, 5) is 44.6. The average molecular weight is 1200 g/mol. The van der Waals surface area contributed by atoms with E-state index in [1.807, 2.05) is 0 Å². The summed E-state index contributed by atoms with van der Waals surface area (Å²) in [6, 6.07) is 0.811. The Morgan fingerprint density at radius 1 is 0.360 bits per heavy atom. The van der Waals surface area contributed by atoms with E-state index in [0.717, 1.165) is 166 Å². The molecular formula is C70H132N16. The van der Waals surface area contributed by atoms with Crippen molar-refractivity contribution in [2.24, 2.45) is 32.5 Å². The van der Waals surface area contributed by atoms with Gasteiger partial charge in [-0.1, -0.05) is 123 Å². The second-order valence-corrected chi connectivity index (χ2v) is 37.5. The smallest absolute Gasteiger partial charge is 0.232 e.